The highest BCUT2D eigenvalue weighted by atomic mass is 35.5. The minimum Gasteiger partial charge on any atom is -0.375 e. The van der Waals surface area contributed by atoms with Crippen LogP contribution in [0.2, 0.25) is 5.02 Å². The summed E-state index contributed by atoms with van der Waals surface area (Å²) < 4.78 is 12.2. The fourth-order valence-corrected chi connectivity index (χ4v) is 4.07. The van der Waals surface area contributed by atoms with Crippen molar-refractivity contribution in [2.45, 2.75) is 38.8 Å². The number of benzene rings is 2. The van der Waals surface area contributed by atoms with Gasteiger partial charge in [0.05, 0.1) is 0 Å². The van der Waals surface area contributed by atoms with Gasteiger partial charge in [0.15, 0.2) is 5.82 Å². The lowest BCUT2D eigenvalue weighted by molar-refractivity contribution is -0.121. The second kappa shape index (κ2) is 11.1. The molecule has 172 valence electrons. The number of hydrogen-bond donors (Lipinski definition) is 1. The number of rotatable bonds is 11. The predicted octanol–water partition coefficient (Wildman–Crippen LogP) is 4.55. The molecule has 0 spiro atoms. The van der Waals surface area contributed by atoms with Crippen LogP contribution in [0, 0.1) is 0 Å². The molecule has 0 aliphatic carbocycles. The van der Waals surface area contributed by atoms with Gasteiger partial charge in [0.2, 0.25) is 5.91 Å². The van der Waals surface area contributed by atoms with E-state index in [2.05, 4.69) is 38.4 Å². The van der Waals surface area contributed by atoms with E-state index in [1.54, 1.807) is 7.11 Å². The molecule has 2 heterocycles. The van der Waals surface area contributed by atoms with E-state index in [0.717, 1.165) is 23.4 Å². The van der Waals surface area contributed by atoms with Crippen LogP contribution in [0.4, 0.5) is 0 Å². The molecule has 0 bridgehead atoms. The van der Waals surface area contributed by atoms with Crippen molar-refractivity contribution < 1.29 is 14.1 Å². The molecule has 1 N–H and O–H groups in total. The molecule has 7 nitrogen and oxygen atoms in total. The van der Waals surface area contributed by atoms with Crippen molar-refractivity contribution in [2.75, 3.05) is 13.7 Å². The van der Waals surface area contributed by atoms with Gasteiger partial charge in [-0.25, -0.2) is 0 Å². The van der Waals surface area contributed by atoms with Crippen molar-refractivity contribution in [1.82, 2.24) is 20.0 Å². The number of hydrogen-bond acceptors (Lipinski definition) is 5. The number of aromatic nitrogens is 3. The number of halogens is 1. The average Bonchev–Trinajstić information content (AvgIpc) is 3.40. The summed E-state index contributed by atoms with van der Waals surface area (Å²) in [5.74, 6) is 1.02. The number of nitrogens with zero attached hydrogens (tertiary/aromatic N) is 3. The normalized spacial score (nSPS) is 11.2. The lowest BCUT2D eigenvalue weighted by Gasteiger charge is -2.07. The number of amides is 1. The number of aryl methyl sites for hydroxylation is 1. The summed E-state index contributed by atoms with van der Waals surface area (Å²) in [4.78, 5) is 16.5. The molecular formula is C25H27ClN4O3. The summed E-state index contributed by atoms with van der Waals surface area (Å²) in [5.41, 5.74) is 3.49. The van der Waals surface area contributed by atoms with Gasteiger partial charge in [0, 0.05) is 55.2 Å². The summed E-state index contributed by atoms with van der Waals surface area (Å²) in [7, 11) is 1.57. The third kappa shape index (κ3) is 6.00. The zero-order valence-electron chi connectivity index (χ0n) is 18.6. The summed E-state index contributed by atoms with van der Waals surface area (Å²) in [5, 5.41) is 8.78. The first kappa shape index (κ1) is 23.0. The van der Waals surface area contributed by atoms with Crippen LogP contribution in [0.1, 0.15) is 35.7 Å². The van der Waals surface area contributed by atoms with Gasteiger partial charge in [-0.2, -0.15) is 4.98 Å². The fourth-order valence-electron chi connectivity index (χ4n) is 3.88. The first-order valence-corrected chi connectivity index (χ1v) is 11.4. The first-order valence-electron chi connectivity index (χ1n) is 11.0. The highest BCUT2D eigenvalue weighted by molar-refractivity contribution is 6.31. The third-order valence-corrected chi connectivity index (χ3v) is 5.84. The molecule has 8 heteroatoms. The van der Waals surface area contributed by atoms with Crippen molar-refractivity contribution >= 4 is 28.4 Å². The van der Waals surface area contributed by atoms with Crippen molar-refractivity contribution in [3.05, 3.63) is 82.6 Å². The molecule has 0 radical (unpaired) electrons. The van der Waals surface area contributed by atoms with Crippen molar-refractivity contribution in [3.63, 3.8) is 0 Å². The second-order valence-electron chi connectivity index (χ2n) is 7.88. The SMILES string of the molecule is COCc1nc(CCNC(=O)CCCc2cn(Cc3ccccc3Cl)c3ccccc23)no1. The number of carbonyl (C=O) groups is 1. The second-order valence-corrected chi connectivity index (χ2v) is 8.29. The minimum atomic E-state index is 0.0235. The standard InChI is InChI=1S/C25H27ClN4O3/c1-32-17-25-28-23(29-33-25)13-14-27-24(31)12-6-8-18-15-30(22-11-5-3-9-20(18)22)16-19-7-2-4-10-21(19)26/h2-5,7,9-11,15H,6,8,12-14,16-17H2,1H3,(H,27,31). The maximum atomic E-state index is 12.3. The molecule has 1 amide bonds. The molecule has 4 rings (SSSR count). The van der Waals surface area contributed by atoms with Gasteiger partial charge in [-0.15, -0.1) is 0 Å². The smallest absolute Gasteiger partial charge is 0.252 e. The zero-order chi connectivity index (χ0) is 23.0. The van der Waals surface area contributed by atoms with Gasteiger partial charge in [-0.3, -0.25) is 4.79 Å². The van der Waals surface area contributed by atoms with Crippen LogP contribution in [-0.4, -0.2) is 34.3 Å². The average molecular weight is 467 g/mol. The molecule has 0 aliphatic heterocycles. The highest BCUT2D eigenvalue weighted by Crippen LogP contribution is 2.25. The van der Waals surface area contributed by atoms with E-state index in [4.69, 9.17) is 20.9 Å². The molecule has 0 saturated heterocycles. The molecule has 0 atom stereocenters. The number of ether oxygens (including phenoxy) is 1. The van der Waals surface area contributed by atoms with E-state index in [1.807, 2.05) is 36.4 Å². The van der Waals surface area contributed by atoms with Crippen LogP contribution in [0.5, 0.6) is 0 Å². The molecule has 2 aromatic carbocycles. The molecule has 0 saturated carbocycles. The monoisotopic (exact) mass is 466 g/mol. The van der Waals surface area contributed by atoms with Crippen molar-refractivity contribution in [1.29, 1.82) is 0 Å². The van der Waals surface area contributed by atoms with Gasteiger partial charge >= 0.3 is 0 Å². The Labute approximate surface area is 197 Å². The Morgan fingerprint density at radius 1 is 1.12 bits per heavy atom. The first-order chi connectivity index (χ1) is 16.1. The van der Waals surface area contributed by atoms with Crippen LogP contribution in [0.3, 0.4) is 0 Å². The van der Waals surface area contributed by atoms with Gasteiger partial charge in [-0.05, 0) is 36.1 Å². The lowest BCUT2D eigenvalue weighted by atomic mass is 10.1. The fraction of sp³-hybridized carbons (Fsp3) is 0.320. The van der Waals surface area contributed by atoms with E-state index in [9.17, 15) is 4.79 Å². The Kier molecular flexibility index (Phi) is 7.75. The van der Waals surface area contributed by atoms with E-state index < -0.39 is 0 Å². The van der Waals surface area contributed by atoms with Crippen LogP contribution in [0.25, 0.3) is 10.9 Å². The summed E-state index contributed by atoms with van der Waals surface area (Å²) in [6.07, 6.45) is 4.76. The topological polar surface area (TPSA) is 82.2 Å². The van der Waals surface area contributed by atoms with E-state index in [-0.39, 0.29) is 12.5 Å². The number of para-hydroxylation sites is 1. The number of nitrogens with one attached hydrogen (secondary N) is 1. The lowest BCUT2D eigenvalue weighted by Crippen LogP contribution is -2.25. The molecule has 33 heavy (non-hydrogen) atoms. The van der Waals surface area contributed by atoms with Gasteiger partial charge in [0.1, 0.15) is 6.61 Å². The van der Waals surface area contributed by atoms with Gasteiger partial charge in [-0.1, -0.05) is 53.2 Å². The van der Waals surface area contributed by atoms with Crippen LogP contribution in [-0.2, 0) is 35.5 Å². The molecule has 0 unspecified atom stereocenters. The van der Waals surface area contributed by atoms with E-state index in [0.29, 0.717) is 37.6 Å². The maximum Gasteiger partial charge on any atom is 0.252 e. The Morgan fingerprint density at radius 2 is 1.94 bits per heavy atom. The van der Waals surface area contributed by atoms with Crippen molar-refractivity contribution in [2.24, 2.45) is 0 Å². The summed E-state index contributed by atoms with van der Waals surface area (Å²) in [6, 6.07) is 16.3. The molecule has 0 aliphatic rings. The van der Waals surface area contributed by atoms with Crippen molar-refractivity contribution in [3.8, 4) is 0 Å². The van der Waals surface area contributed by atoms with E-state index >= 15 is 0 Å². The Morgan fingerprint density at radius 3 is 2.79 bits per heavy atom. The highest BCUT2D eigenvalue weighted by Gasteiger charge is 2.11. The Bertz CT molecular complexity index is 1220. The van der Waals surface area contributed by atoms with E-state index in [1.165, 1.54) is 16.5 Å². The minimum absolute atomic E-state index is 0.0235. The zero-order valence-corrected chi connectivity index (χ0v) is 19.3. The quantitative estimate of drug-likeness (QED) is 0.350. The number of methoxy groups -OCH3 is 1. The predicted molar refractivity (Wildman–Crippen MR) is 127 cm³/mol. The Hall–Kier alpha value is -3.16. The maximum absolute atomic E-state index is 12.3. The molecular weight excluding hydrogens is 440 g/mol. The molecule has 2 aromatic heterocycles. The Balaban J connectivity index is 1.30. The van der Waals surface area contributed by atoms with Crippen LogP contribution in [0.15, 0.2) is 59.3 Å². The summed E-state index contributed by atoms with van der Waals surface area (Å²) in [6.45, 7) is 1.47. The summed E-state index contributed by atoms with van der Waals surface area (Å²) >= 11 is 6.37. The van der Waals surface area contributed by atoms with Crippen LogP contribution >= 0.6 is 11.6 Å². The molecule has 4 aromatic rings. The van der Waals surface area contributed by atoms with Crippen LogP contribution < -0.4 is 5.32 Å². The number of fused-ring (bicyclic) bond motifs is 1. The van der Waals surface area contributed by atoms with Gasteiger partial charge < -0.3 is 19.1 Å². The number of carbonyl (C=O) groups excluding carboxylic acids is 1. The van der Waals surface area contributed by atoms with Gasteiger partial charge in [0.25, 0.3) is 5.89 Å². The molecule has 0 fully saturated rings. The largest absolute Gasteiger partial charge is 0.375 e. The third-order valence-electron chi connectivity index (χ3n) is 5.47.